The van der Waals surface area contributed by atoms with Gasteiger partial charge in [0.2, 0.25) is 0 Å². The molecule has 0 bridgehead atoms. The number of nitrogens with one attached hydrogen (secondary N) is 2. The van der Waals surface area contributed by atoms with Crippen LogP contribution in [0.25, 0.3) is 10.4 Å². The SMILES string of the molecule is Cc1c(-c2ccccc2)sc(NC(=O)C[NH+]2CCOCC2)c1C(=O)N1CCCCC1. The number of morpholine rings is 1. The fourth-order valence-electron chi connectivity index (χ4n) is 4.21. The highest BCUT2D eigenvalue weighted by atomic mass is 32.1. The molecule has 2 aliphatic rings. The van der Waals surface area contributed by atoms with Gasteiger partial charge in [-0.1, -0.05) is 30.3 Å². The molecule has 2 amide bonds. The largest absolute Gasteiger partial charge is 0.370 e. The van der Waals surface area contributed by atoms with E-state index in [1.165, 1.54) is 22.7 Å². The Kier molecular flexibility index (Phi) is 6.82. The Bertz CT molecular complexity index is 885. The van der Waals surface area contributed by atoms with Crippen LogP contribution in [0.2, 0.25) is 0 Å². The number of hydrogen-bond acceptors (Lipinski definition) is 4. The standard InChI is InChI=1S/C23H29N3O3S/c1-17-20(23(28)26-10-6-3-7-11-26)22(30-21(17)18-8-4-2-5-9-18)24-19(27)16-25-12-14-29-15-13-25/h2,4-5,8-9H,3,6-7,10-16H2,1H3,(H,24,27)/p+1. The Hall–Kier alpha value is -2.22. The zero-order valence-electron chi connectivity index (χ0n) is 17.5. The number of likely N-dealkylation sites (tertiary alicyclic amines) is 1. The lowest BCUT2D eigenvalue weighted by molar-refractivity contribution is -0.899. The molecular formula is C23H30N3O3S+. The van der Waals surface area contributed by atoms with Gasteiger partial charge in [-0.3, -0.25) is 9.59 Å². The molecule has 0 radical (unpaired) electrons. The third-order valence-corrected chi connectivity index (χ3v) is 7.16. The van der Waals surface area contributed by atoms with E-state index in [9.17, 15) is 9.59 Å². The maximum Gasteiger partial charge on any atom is 0.280 e. The van der Waals surface area contributed by atoms with Crippen LogP contribution in [0.5, 0.6) is 0 Å². The van der Waals surface area contributed by atoms with Gasteiger partial charge < -0.3 is 19.9 Å². The van der Waals surface area contributed by atoms with Crippen molar-refractivity contribution in [3.05, 3.63) is 41.5 Å². The summed E-state index contributed by atoms with van der Waals surface area (Å²) in [6.45, 7) is 7.05. The van der Waals surface area contributed by atoms with E-state index >= 15 is 0 Å². The molecule has 2 fully saturated rings. The van der Waals surface area contributed by atoms with Crippen LogP contribution in [0.1, 0.15) is 35.2 Å². The van der Waals surface area contributed by atoms with Crippen LogP contribution >= 0.6 is 11.3 Å². The van der Waals surface area contributed by atoms with Gasteiger partial charge in [-0.15, -0.1) is 11.3 Å². The van der Waals surface area contributed by atoms with Crippen molar-refractivity contribution in [2.45, 2.75) is 26.2 Å². The van der Waals surface area contributed by atoms with Gasteiger partial charge in [0.15, 0.2) is 6.54 Å². The first-order valence-corrected chi connectivity index (χ1v) is 11.6. The van der Waals surface area contributed by atoms with Crippen LogP contribution < -0.4 is 10.2 Å². The number of hydrogen-bond donors (Lipinski definition) is 2. The van der Waals surface area contributed by atoms with Gasteiger partial charge in [-0.25, -0.2) is 0 Å². The molecule has 6 nitrogen and oxygen atoms in total. The number of thiophene rings is 1. The van der Waals surface area contributed by atoms with Gasteiger partial charge in [0.05, 0.1) is 18.8 Å². The highest BCUT2D eigenvalue weighted by Gasteiger charge is 2.28. The highest BCUT2D eigenvalue weighted by molar-refractivity contribution is 7.20. The van der Waals surface area contributed by atoms with Crippen molar-refractivity contribution >= 4 is 28.2 Å². The summed E-state index contributed by atoms with van der Waals surface area (Å²) in [4.78, 5) is 30.4. The van der Waals surface area contributed by atoms with E-state index in [0.29, 0.717) is 30.3 Å². The van der Waals surface area contributed by atoms with E-state index in [4.69, 9.17) is 4.74 Å². The molecule has 2 N–H and O–H groups in total. The third-order valence-electron chi connectivity index (χ3n) is 5.90. The lowest BCUT2D eigenvalue weighted by Gasteiger charge is -2.27. The Morgan fingerprint density at radius 2 is 1.80 bits per heavy atom. The summed E-state index contributed by atoms with van der Waals surface area (Å²) in [7, 11) is 0. The van der Waals surface area contributed by atoms with Crippen molar-refractivity contribution in [1.29, 1.82) is 0 Å². The van der Waals surface area contributed by atoms with E-state index in [0.717, 1.165) is 55.0 Å². The summed E-state index contributed by atoms with van der Waals surface area (Å²) in [6, 6.07) is 10.1. The molecule has 0 saturated carbocycles. The normalized spacial score (nSPS) is 17.7. The van der Waals surface area contributed by atoms with E-state index in [1.807, 2.05) is 30.0 Å². The molecule has 7 heteroatoms. The summed E-state index contributed by atoms with van der Waals surface area (Å²) >= 11 is 1.51. The van der Waals surface area contributed by atoms with Crippen molar-refractivity contribution in [3.8, 4) is 10.4 Å². The number of ether oxygens (including phenoxy) is 1. The molecule has 0 spiro atoms. The van der Waals surface area contributed by atoms with Crippen molar-refractivity contribution in [1.82, 2.24) is 4.90 Å². The topological polar surface area (TPSA) is 63.1 Å². The molecule has 2 saturated heterocycles. The molecule has 2 aromatic rings. The number of carbonyl (C=O) groups is 2. The number of quaternary nitrogens is 1. The summed E-state index contributed by atoms with van der Waals surface area (Å²) in [5.41, 5.74) is 2.69. The van der Waals surface area contributed by atoms with Crippen LogP contribution in [0.4, 0.5) is 5.00 Å². The Morgan fingerprint density at radius 1 is 1.10 bits per heavy atom. The fraction of sp³-hybridized carbons (Fsp3) is 0.478. The first-order valence-electron chi connectivity index (χ1n) is 10.8. The van der Waals surface area contributed by atoms with Gasteiger partial charge in [0.25, 0.3) is 11.8 Å². The second-order valence-electron chi connectivity index (χ2n) is 8.07. The minimum Gasteiger partial charge on any atom is -0.370 e. The average molecular weight is 429 g/mol. The fourth-order valence-corrected chi connectivity index (χ4v) is 5.43. The molecule has 160 valence electrons. The first kappa shape index (κ1) is 21.0. The first-order chi connectivity index (χ1) is 14.6. The quantitative estimate of drug-likeness (QED) is 0.768. The molecule has 0 aliphatic carbocycles. The maximum atomic E-state index is 13.4. The van der Waals surface area contributed by atoms with Crippen molar-refractivity contribution in [2.75, 3.05) is 51.3 Å². The number of rotatable bonds is 5. The van der Waals surface area contributed by atoms with Crippen molar-refractivity contribution < 1.29 is 19.2 Å². The minimum absolute atomic E-state index is 0.0412. The Morgan fingerprint density at radius 3 is 2.50 bits per heavy atom. The van der Waals surface area contributed by atoms with Gasteiger partial charge in [-0.05, 0) is 37.3 Å². The number of benzene rings is 1. The van der Waals surface area contributed by atoms with Crippen LogP contribution in [0.15, 0.2) is 30.3 Å². The van der Waals surface area contributed by atoms with Crippen LogP contribution in [0.3, 0.4) is 0 Å². The minimum atomic E-state index is -0.0412. The van der Waals surface area contributed by atoms with E-state index in [1.54, 1.807) is 0 Å². The second kappa shape index (κ2) is 9.73. The third kappa shape index (κ3) is 4.74. The number of carbonyl (C=O) groups excluding carboxylic acids is 2. The van der Waals surface area contributed by atoms with Gasteiger partial charge in [0.1, 0.15) is 18.1 Å². The van der Waals surface area contributed by atoms with Crippen LogP contribution in [-0.2, 0) is 9.53 Å². The van der Waals surface area contributed by atoms with Gasteiger partial charge in [-0.2, -0.15) is 0 Å². The monoisotopic (exact) mass is 428 g/mol. The number of amides is 2. The molecule has 0 atom stereocenters. The van der Waals surface area contributed by atoms with Crippen molar-refractivity contribution in [3.63, 3.8) is 0 Å². The molecular weight excluding hydrogens is 398 g/mol. The maximum absolute atomic E-state index is 13.4. The molecule has 1 aromatic carbocycles. The summed E-state index contributed by atoms with van der Waals surface area (Å²) in [5, 5.41) is 3.76. The summed E-state index contributed by atoms with van der Waals surface area (Å²) < 4.78 is 5.38. The second-order valence-corrected chi connectivity index (χ2v) is 9.09. The zero-order chi connectivity index (χ0) is 20.9. The number of piperidine rings is 1. The lowest BCUT2D eigenvalue weighted by Crippen LogP contribution is -3.15. The molecule has 3 heterocycles. The lowest BCUT2D eigenvalue weighted by atomic mass is 10.0. The summed E-state index contributed by atoms with van der Waals surface area (Å²) in [5.74, 6) is 0.0000985. The molecule has 0 unspecified atom stereocenters. The average Bonchev–Trinajstić information content (AvgIpc) is 3.10. The molecule has 1 aromatic heterocycles. The predicted octanol–water partition coefficient (Wildman–Crippen LogP) is 2.20. The summed E-state index contributed by atoms with van der Waals surface area (Å²) in [6.07, 6.45) is 3.26. The van der Waals surface area contributed by atoms with Crippen LogP contribution in [-0.4, -0.2) is 62.7 Å². The zero-order valence-corrected chi connectivity index (χ0v) is 18.4. The smallest absolute Gasteiger partial charge is 0.280 e. The van der Waals surface area contributed by atoms with Crippen molar-refractivity contribution in [2.24, 2.45) is 0 Å². The Balaban J connectivity index is 1.61. The van der Waals surface area contributed by atoms with E-state index in [2.05, 4.69) is 17.4 Å². The molecule has 30 heavy (non-hydrogen) atoms. The predicted molar refractivity (Wildman–Crippen MR) is 119 cm³/mol. The molecule has 2 aliphatic heterocycles. The Labute approximate surface area is 181 Å². The van der Waals surface area contributed by atoms with E-state index < -0.39 is 0 Å². The number of anilines is 1. The molecule has 4 rings (SSSR count). The van der Waals surface area contributed by atoms with Gasteiger partial charge in [0, 0.05) is 18.0 Å². The van der Waals surface area contributed by atoms with E-state index in [-0.39, 0.29) is 11.8 Å². The van der Waals surface area contributed by atoms with Crippen LogP contribution in [0, 0.1) is 6.92 Å². The number of nitrogens with zero attached hydrogens (tertiary/aromatic N) is 1. The van der Waals surface area contributed by atoms with Gasteiger partial charge >= 0.3 is 0 Å². The highest BCUT2D eigenvalue weighted by Crippen LogP contribution is 2.40.